The zero-order valence-electron chi connectivity index (χ0n) is 19.9. The van der Waals surface area contributed by atoms with Gasteiger partial charge in [-0.2, -0.15) is 14.9 Å². The van der Waals surface area contributed by atoms with Crippen LogP contribution < -0.4 is 15.3 Å². The maximum absolute atomic E-state index is 14.1. The Hall–Kier alpha value is -3.10. The SMILES string of the molecule is CONC1(CC(C)C)C(=O)C(C2=NSc3cc(NS(C)(=O)=O)cc(O)c3N2O)=C(O)c2ccccc21. The molecule has 0 fully saturated rings. The van der Waals surface area contributed by atoms with E-state index in [0.717, 1.165) is 24.3 Å². The number of amidine groups is 1. The molecule has 1 aliphatic carbocycles. The molecule has 0 spiro atoms. The summed E-state index contributed by atoms with van der Waals surface area (Å²) in [5.41, 5.74) is 2.00. The summed E-state index contributed by atoms with van der Waals surface area (Å²) in [4.78, 5) is 19.5. The van der Waals surface area contributed by atoms with E-state index < -0.39 is 27.1 Å². The highest BCUT2D eigenvalue weighted by molar-refractivity contribution is 7.98. The van der Waals surface area contributed by atoms with E-state index >= 15 is 0 Å². The van der Waals surface area contributed by atoms with Crippen molar-refractivity contribution in [1.82, 2.24) is 5.48 Å². The molecule has 1 atom stereocenters. The van der Waals surface area contributed by atoms with Crippen LogP contribution >= 0.6 is 11.9 Å². The largest absolute Gasteiger partial charge is 0.506 e. The Morgan fingerprint density at radius 3 is 2.56 bits per heavy atom. The van der Waals surface area contributed by atoms with Crippen LogP contribution in [0.5, 0.6) is 5.75 Å². The monoisotopic (exact) mass is 534 g/mol. The topological polar surface area (TPSA) is 161 Å². The van der Waals surface area contributed by atoms with Crippen molar-refractivity contribution in [2.24, 2.45) is 10.3 Å². The first-order valence-electron chi connectivity index (χ1n) is 10.9. The molecule has 0 aromatic heterocycles. The summed E-state index contributed by atoms with van der Waals surface area (Å²) in [5.74, 6) is -1.69. The number of aliphatic hydroxyl groups is 1. The Balaban J connectivity index is 1.87. The van der Waals surface area contributed by atoms with Gasteiger partial charge in [0.05, 0.1) is 23.9 Å². The number of phenolic OH excluding ortho intramolecular Hbond substituents is 1. The highest BCUT2D eigenvalue weighted by Gasteiger charge is 2.51. The number of rotatable bonds is 7. The minimum Gasteiger partial charge on any atom is -0.506 e. The molecule has 11 nitrogen and oxygen atoms in total. The Bertz CT molecular complexity index is 1410. The maximum atomic E-state index is 14.1. The van der Waals surface area contributed by atoms with Gasteiger partial charge < -0.3 is 15.1 Å². The fourth-order valence-electron chi connectivity index (χ4n) is 4.52. The lowest BCUT2D eigenvalue weighted by molar-refractivity contribution is -0.129. The van der Waals surface area contributed by atoms with Gasteiger partial charge >= 0.3 is 0 Å². The summed E-state index contributed by atoms with van der Waals surface area (Å²) >= 11 is 0.804. The maximum Gasteiger partial charge on any atom is 0.229 e. The van der Waals surface area contributed by atoms with E-state index in [1.807, 2.05) is 13.8 Å². The second-order valence-corrected chi connectivity index (χ2v) is 11.5. The van der Waals surface area contributed by atoms with Gasteiger partial charge in [-0.05, 0) is 24.0 Å². The lowest BCUT2D eigenvalue weighted by Gasteiger charge is -2.40. The number of aromatic hydroxyl groups is 1. The molecule has 0 amide bonds. The number of benzene rings is 2. The number of hydrogen-bond donors (Lipinski definition) is 5. The first-order chi connectivity index (χ1) is 16.9. The predicted molar refractivity (Wildman–Crippen MR) is 136 cm³/mol. The summed E-state index contributed by atoms with van der Waals surface area (Å²) in [5, 5.41) is 33.4. The number of nitrogens with zero attached hydrogens (tertiary/aromatic N) is 2. The van der Waals surface area contributed by atoms with Gasteiger partial charge in [0.1, 0.15) is 28.3 Å². The Morgan fingerprint density at radius 2 is 1.92 bits per heavy atom. The number of Topliss-reactive ketones (excluding diaryl/α,β-unsaturated/α-hetero) is 1. The Morgan fingerprint density at radius 1 is 1.22 bits per heavy atom. The fourth-order valence-corrected chi connectivity index (χ4v) is 5.87. The van der Waals surface area contributed by atoms with Gasteiger partial charge in [-0.15, -0.1) is 0 Å². The van der Waals surface area contributed by atoms with E-state index in [4.69, 9.17) is 4.84 Å². The first-order valence-corrected chi connectivity index (χ1v) is 13.5. The average Bonchev–Trinajstić information content (AvgIpc) is 2.77. The van der Waals surface area contributed by atoms with Crippen LogP contribution in [-0.2, 0) is 25.2 Å². The number of sulfonamides is 1. The molecule has 2 aliphatic rings. The highest BCUT2D eigenvalue weighted by atomic mass is 32.2. The van der Waals surface area contributed by atoms with Gasteiger partial charge in [0.2, 0.25) is 10.0 Å². The molecule has 1 unspecified atom stereocenters. The zero-order chi connectivity index (χ0) is 26.4. The van der Waals surface area contributed by atoms with Gasteiger partial charge in [-0.3, -0.25) is 14.7 Å². The molecular weight excluding hydrogens is 508 g/mol. The Kier molecular flexibility index (Phi) is 6.79. The molecule has 1 aliphatic heterocycles. The lowest BCUT2D eigenvalue weighted by atomic mass is 9.71. The second kappa shape index (κ2) is 9.41. The van der Waals surface area contributed by atoms with Crippen LogP contribution in [0.4, 0.5) is 11.4 Å². The van der Waals surface area contributed by atoms with Gasteiger partial charge in [0, 0.05) is 23.6 Å². The molecule has 0 saturated carbocycles. The minimum absolute atomic E-state index is 0.0320. The third-order valence-corrected chi connectivity index (χ3v) is 7.09. The second-order valence-electron chi connectivity index (χ2n) is 8.94. The number of carbonyl (C=O) groups excluding carboxylic acids is 1. The van der Waals surface area contributed by atoms with Crippen LogP contribution in [0.3, 0.4) is 0 Å². The van der Waals surface area contributed by atoms with Crippen LogP contribution in [0.15, 0.2) is 51.3 Å². The molecule has 4 rings (SSSR count). The number of ketones is 1. The number of nitrogens with one attached hydrogen (secondary N) is 2. The van der Waals surface area contributed by atoms with Crippen LogP contribution in [0.25, 0.3) is 5.76 Å². The van der Waals surface area contributed by atoms with Crippen LogP contribution in [0, 0.1) is 5.92 Å². The molecule has 13 heteroatoms. The third-order valence-electron chi connectivity index (χ3n) is 5.71. The van der Waals surface area contributed by atoms with E-state index in [-0.39, 0.29) is 39.4 Å². The van der Waals surface area contributed by atoms with Crippen molar-refractivity contribution in [3.8, 4) is 5.75 Å². The van der Waals surface area contributed by atoms with Crippen molar-refractivity contribution in [2.45, 2.75) is 30.7 Å². The smallest absolute Gasteiger partial charge is 0.229 e. The predicted octanol–water partition coefficient (Wildman–Crippen LogP) is 3.32. The zero-order valence-corrected chi connectivity index (χ0v) is 21.6. The number of fused-ring (bicyclic) bond motifs is 2. The fraction of sp³-hybridized carbons (Fsp3) is 0.304. The number of hydroxylamine groups is 2. The average molecular weight is 535 g/mol. The van der Waals surface area contributed by atoms with E-state index in [1.54, 1.807) is 24.3 Å². The van der Waals surface area contributed by atoms with E-state index in [0.29, 0.717) is 22.6 Å². The molecule has 36 heavy (non-hydrogen) atoms. The molecule has 1 heterocycles. The normalized spacial score (nSPS) is 19.8. The standard InChI is InChI=1S/C23H26N4O7S2/c1-12(2)11-23(26-34-3)15-8-6-5-7-14(15)20(29)18(21(23)30)22-24-35-17-10-13(25-36(4,32)33)9-16(28)19(17)27(22)31/h5-10,12,25-26,28-29,31H,11H2,1-4H3. The quantitative estimate of drug-likeness (QED) is 0.263. The Labute approximate surface area is 212 Å². The number of hydrogen-bond acceptors (Lipinski definition) is 11. The van der Waals surface area contributed by atoms with Crippen molar-refractivity contribution < 1.29 is 33.5 Å². The van der Waals surface area contributed by atoms with Gasteiger partial charge in [-0.25, -0.2) is 8.42 Å². The molecule has 0 radical (unpaired) electrons. The van der Waals surface area contributed by atoms with Crippen LogP contribution in [-0.4, -0.2) is 48.8 Å². The van der Waals surface area contributed by atoms with E-state index in [2.05, 4.69) is 14.6 Å². The molecule has 5 N–H and O–H groups in total. The summed E-state index contributed by atoms with van der Waals surface area (Å²) in [6, 6.07) is 9.33. The minimum atomic E-state index is -3.62. The van der Waals surface area contributed by atoms with Gasteiger partial charge in [0.15, 0.2) is 11.6 Å². The van der Waals surface area contributed by atoms with Gasteiger partial charge in [-0.1, -0.05) is 38.1 Å². The molecule has 192 valence electrons. The molecule has 2 aromatic carbocycles. The number of aliphatic hydroxyl groups excluding tert-OH is 1. The third kappa shape index (κ3) is 4.44. The molecular formula is C23H26N4O7S2. The highest BCUT2D eigenvalue weighted by Crippen LogP contribution is 2.47. The molecule has 0 bridgehead atoms. The summed E-state index contributed by atoms with van der Waals surface area (Å²) in [6.45, 7) is 3.88. The summed E-state index contributed by atoms with van der Waals surface area (Å²) < 4.78 is 29.7. The van der Waals surface area contributed by atoms with Crippen molar-refractivity contribution >= 4 is 50.7 Å². The van der Waals surface area contributed by atoms with Gasteiger partial charge in [0.25, 0.3) is 0 Å². The van der Waals surface area contributed by atoms with Crippen molar-refractivity contribution in [3.05, 3.63) is 53.1 Å². The van der Waals surface area contributed by atoms with Crippen LogP contribution in [0.2, 0.25) is 0 Å². The number of phenols is 1. The van der Waals surface area contributed by atoms with E-state index in [9.17, 15) is 28.6 Å². The number of carbonyl (C=O) groups is 1. The molecule has 2 aromatic rings. The van der Waals surface area contributed by atoms with E-state index in [1.165, 1.54) is 13.2 Å². The first kappa shape index (κ1) is 26.0. The lowest BCUT2D eigenvalue weighted by Crippen LogP contribution is -2.54. The summed E-state index contributed by atoms with van der Waals surface area (Å²) in [7, 11) is -2.23. The van der Waals surface area contributed by atoms with Crippen molar-refractivity contribution in [3.63, 3.8) is 0 Å². The van der Waals surface area contributed by atoms with Crippen molar-refractivity contribution in [1.29, 1.82) is 0 Å². The van der Waals surface area contributed by atoms with Crippen molar-refractivity contribution in [2.75, 3.05) is 23.2 Å². The van der Waals surface area contributed by atoms with Crippen LogP contribution in [0.1, 0.15) is 31.4 Å². The summed E-state index contributed by atoms with van der Waals surface area (Å²) in [6.07, 6.45) is 1.27. The number of anilines is 2. The molecule has 0 saturated heterocycles.